The highest BCUT2D eigenvalue weighted by molar-refractivity contribution is 6.42. The number of aromatic nitrogens is 2. The molecule has 1 amide bonds. The van der Waals surface area contributed by atoms with Crippen molar-refractivity contribution in [2.45, 2.75) is 52.6 Å². The standard InChI is InChI=1S/C23H27Cl2N3O5/c1-22(2)15(6-7-23(22,3)21(32)33)19(29)27-18(20(30)31)9-14-11-28(12-26-14)10-13-4-5-16(24)17(25)8-13/h4-5,8,11-12,15,18H,6-7,9-10H2,1-3H3,(H,27,29)(H,30,31)(H,32,33)/t15-,18+,23+/m1/s1. The van der Waals surface area contributed by atoms with Gasteiger partial charge < -0.3 is 20.1 Å². The number of aliphatic carboxylic acids is 2. The molecule has 1 aromatic carbocycles. The fraction of sp³-hybridized carbons (Fsp3) is 0.478. The topological polar surface area (TPSA) is 122 Å². The minimum Gasteiger partial charge on any atom is -0.481 e. The van der Waals surface area contributed by atoms with Gasteiger partial charge in [-0.1, -0.05) is 43.1 Å². The Morgan fingerprint density at radius 3 is 2.48 bits per heavy atom. The van der Waals surface area contributed by atoms with Crippen LogP contribution < -0.4 is 5.32 Å². The van der Waals surface area contributed by atoms with E-state index in [9.17, 15) is 24.6 Å². The summed E-state index contributed by atoms with van der Waals surface area (Å²) in [5, 5.41) is 22.8. The largest absolute Gasteiger partial charge is 0.481 e. The quantitative estimate of drug-likeness (QED) is 0.510. The van der Waals surface area contributed by atoms with Crippen LogP contribution in [0.1, 0.15) is 44.9 Å². The molecule has 0 bridgehead atoms. The Morgan fingerprint density at radius 2 is 1.91 bits per heavy atom. The first-order valence-corrected chi connectivity index (χ1v) is 11.3. The van der Waals surface area contributed by atoms with Crippen LogP contribution >= 0.6 is 23.2 Å². The van der Waals surface area contributed by atoms with E-state index in [1.54, 1.807) is 50.0 Å². The van der Waals surface area contributed by atoms with Gasteiger partial charge in [-0.15, -0.1) is 0 Å². The van der Waals surface area contributed by atoms with Crippen molar-refractivity contribution >= 4 is 41.0 Å². The number of carboxylic acids is 2. The van der Waals surface area contributed by atoms with Crippen LogP contribution in [0.2, 0.25) is 10.0 Å². The maximum atomic E-state index is 13.0. The number of amides is 1. The van der Waals surface area contributed by atoms with Gasteiger partial charge in [0.05, 0.1) is 27.5 Å². The number of rotatable bonds is 8. The summed E-state index contributed by atoms with van der Waals surface area (Å²) < 4.78 is 1.79. The van der Waals surface area contributed by atoms with E-state index in [4.69, 9.17) is 23.2 Å². The summed E-state index contributed by atoms with van der Waals surface area (Å²) in [6, 6.07) is 4.10. The molecule has 1 aliphatic rings. The number of hydrogen-bond acceptors (Lipinski definition) is 4. The molecule has 1 aromatic heterocycles. The van der Waals surface area contributed by atoms with Gasteiger partial charge in [-0.3, -0.25) is 9.59 Å². The van der Waals surface area contributed by atoms with Crippen LogP contribution in [0.3, 0.4) is 0 Å². The lowest BCUT2D eigenvalue weighted by Crippen LogP contribution is -2.49. The molecule has 0 radical (unpaired) electrons. The van der Waals surface area contributed by atoms with Crippen molar-refractivity contribution in [2.24, 2.45) is 16.7 Å². The summed E-state index contributed by atoms with van der Waals surface area (Å²) in [6.45, 7) is 5.60. The van der Waals surface area contributed by atoms with Gasteiger partial charge in [-0.2, -0.15) is 0 Å². The molecule has 0 spiro atoms. The van der Waals surface area contributed by atoms with Crippen molar-refractivity contribution in [3.63, 3.8) is 0 Å². The van der Waals surface area contributed by atoms with Gasteiger partial charge >= 0.3 is 11.9 Å². The Bertz CT molecular complexity index is 1080. The van der Waals surface area contributed by atoms with Crippen LogP contribution in [-0.4, -0.2) is 43.7 Å². The smallest absolute Gasteiger partial charge is 0.326 e. The molecule has 33 heavy (non-hydrogen) atoms. The lowest BCUT2D eigenvalue weighted by Gasteiger charge is -2.38. The predicted octanol–water partition coefficient (Wildman–Crippen LogP) is 3.88. The monoisotopic (exact) mass is 495 g/mol. The second-order valence-corrected chi connectivity index (χ2v) is 10.2. The fourth-order valence-corrected chi connectivity index (χ4v) is 4.79. The highest BCUT2D eigenvalue weighted by atomic mass is 35.5. The number of halogens is 2. The van der Waals surface area contributed by atoms with Gasteiger partial charge in [0, 0.05) is 25.1 Å². The average molecular weight is 496 g/mol. The molecule has 10 heteroatoms. The molecule has 0 aliphatic heterocycles. The summed E-state index contributed by atoms with van der Waals surface area (Å²) >= 11 is 12.0. The Labute approximate surface area is 201 Å². The van der Waals surface area contributed by atoms with E-state index in [0.717, 1.165) is 5.56 Å². The number of carbonyl (C=O) groups excluding carboxylic acids is 1. The first kappa shape index (κ1) is 25.1. The lowest BCUT2D eigenvalue weighted by molar-refractivity contribution is -0.155. The van der Waals surface area contributed by atoms with Crippen LogP contribution in [0.15, 0.2) is 30.7 Å². The molecule has 3 N–H and O–H groups in total. The molecule has 8 nitrogen and oxygen atoms in total. The van der Waals surface area contributed by atoms with Crippen LogP contribution in [0.4, 0.5) is 0 Å². The molecule has 2 aromatic rings. The zero-order valence-corrected chi connectivity index (χ0v) is 20.2. The third kappa shape index (κ3) is 5.01. The average Bonchev–Trinajstić information content (AvgIpc) is 3.26. The van der Waals surface area contributed by atoms with Crippen molar-refractivity contribution in [1.29, 1.82) is 0 Å². The van der Waals surface area contributed by atoms with Crippen LogP contribution in [-0.2, 0) is 27.3 Å². The van der Waals surface area contributed by atoms with Gasteiger partial charge in [0.2, 0.25) is 5.91 Å². The molecule has 1 heterocycles. The summed E-state index contributed by atoms with van der Waals surface area (Å²) in [7, 11) is 0. The third-order valence-electron chi connectivity index (χ3n) is 7.08. The van der Waals surface area contributed by atoms with Crippen molar-refractivity contribution in [1.82, 2.24) is 14.9 Å². The Hall–Kier alpha value is -2.58. The highest BCUT2D eigenvalue weighted by Crippen LogP contribution is 2.56. The number of nitrogens with zero attached hydrogens (tertiary/aromatic N) is 2. The zero-order valence-electron chi connectivity index (χ0n) is 18.6. The van der Waals surface area contributed by atoms with E-state index in [-0.39, 0.29) is 6.42 Å². The molecular weight excluding hydrogens is 469 g/mol. The summed E-state index contributed by atoms with van der Waals surface area (Å²) in [5.74, 6) is -3.19. The second-order valence-electron chi connectivity index (χ2n) is 9.34. The number of carbonyl (C=O) groups is 3. The van der Waals surface area contributed by atoms with E-state index in [2.05, 4.69) is 10.3 Å². The molecule has 3 atom stereocenters. The van der Waals surface area contributed by atoms with Crippen LogP contribution in [0.5, 0.6) is 0 Å². The molecular formula is C23H27Cl2N3O5. The van der Waals surface area contributed by atoms with Crippen molar-refractivity contribution in [3.05, 3.63) is 52.0 Å². The number of imidazole rings is 1. The molecule has 0 saturated heterocycles. The van der Waals surface area contributed by atoms with Gasteiger partial charge in [0.15, 0.2) is 0 Å². The Balaban J connectivity index is 1.68. The number of benzene rings is 1. The Morgan fingerprint density at radius 1 is 1.21 bits per heavy atom. The normalized spacial score (nSPS) is 22.6. The van der Waals surface area contributed by atoms with Gasteiger partial charge in [0.25, 0.3) is 0 Å². The molecule has 1 fully saturated rings. The molecule has 3 rings (SSSR count). The van der Waals surface area contributed by atoms with Crippen molar-refractivity contribution in [3.8, 4) is 0 Å². The number of hydrogen-bond donors (Lipinski definition) is 3. The summed E-state index contributed by atoms with van der Waals surface area (Å²) in [5.41, 5.74) is -0.477. The van der Waals surface area contributed by atoms with Gasteiger partial charge in [0.1, 0.15) is 6.04 Å². The molecule has 0 unspecified atom stereocenters. The maximum absolute atomic E-state index is 13.0. The highest BCUT2D eigenvalue weighted by Gasteiger charge is 2.58. The van der Waals surface area contributed by atoms with E-state index >= 15 is 0 Å². The van der Waals surface area contributed by atoms with Crippen LogP contribution in [0, 0.1) is 16.7 Å². The first-order chi connectivity index (χ1) is 15.3. The van der Waals surface area contributed by atoms with Gasteiger partial charge in [-0.05, 0) is 42.9 Å². The minimum absolute atomic E-state index is 0.00120. The SMILES string of the molecule is CC1(C)[C@@H](C(=O)N[C@@H](Cc2cn(Cc3ccc(Cl)c(Cl)c3)cn2)C(=O)O)CC[C@@]1(C)C(=O)O. The first-order valence-electron chi connectivity index (χ1n) is 10.6. The number of carboxylic acid groups (broad SMARTS) is 2. The third-order valence-corrected chi connectivity index (χ3v) is 7.82. The van der Waals surface area contributed by atoms with Crippen molar-refractivity contribution < 1.29 is 24.6 Å². The summed E-state index contributed by atoms with van der Waals surface area (Å²) in [4.78, 5) is 40.9. The molecule has 1 aliphatic carbocycles. The Kier molecular flexibility index (Phi) is 7.10. The van der Waals surface area contributed by atoms with E-state index < -0.39 is 40.6 Å². The number of nitrogens with one attached hydrogen (secondary N) is 1. The van der Waals surface area contributed by atoms with E-state index in [0.29, 0.717) is 35.1 Å². The van der Waals surface area contributed by atoms with Crippen molar-refractivity contribution in [2.75, 3.05) is 0 Å². The predicted molar refractivity (Wildman–Crippen MR) is 123 cm³/mol. The fourth-order valence-electron chi connectivity index (χ4n) is 4.47. The molecule has 178 valence electrons. The molecule has 1 saturated carbocycles. The minimum atomic E-state index is -1.18. The maximum Gasteiger partial charge on any atom is 0.326 e. The zero-order chi connectivity index (χ0) is 24.6. The van der Waals surface area contributed by atoms with E-state index in [1.165, 1.54) is 0 Å². The lowest BCUT2D eigenvalue weighted by atomic mass is 9.65. The second kappa shape index (κ2) is 9.35. The summed E-state index contributed by atoms with van der Waals surface area (Å²) in [6.07, 6.45) is 4.03. The van der Waals surface area contributed by atoms with Crippen LogP contribution in [0.25, 0.3) is 0 Å². The van der Waals surface area contributed by atoms with Gasteiger partial charge in [-0.25, -0.2) is 9.78 Å². The van der Waals surface area contributed by atoms with E-state index in [1.807, 2.05) is 6.07 Å².